The maximum absolute atomic E-state index is 11.1. The Morgan fingerprint density at radius 2 is 2.58 bits per heavy atom. The summed E-state index contributed by atoms with van der Waals surface area (Å²) in [5, 5.41) is 8.42. The molecule has 1 aliphatic rings. The van der Waals surface area contributed by atoms with Crippen molar-refractivity contribution in [3.8, 4) is 6.07 Å². The Bertz CT molecular complexity index is 210. The van der Waals surface area contributed by atoms with Crippen molar-refractivity contribution in [1.29, 1.82) is 5.26 Å². The van der Waals surface area contributed by atoms with Crippen molar-refractivity contribution in [2.45, 2.75) is 25.8 Å². The van der Waals surface area contributed by atoms with E-state index in [0.717, 1.165) is 6.42 Å². The van der Waals surface area contributed by atoms with Gasteiger partial charge in [0.2, 0.25) is 0 Å². The number of ether oxygens (including phenoxy) is 1. The van der Waals surface area contributed by atoms with E-state index in [9.17, 15) is 4.79 Å². The Balaban J connectivity index is 2.48. The van der Waals surface area contributed by atoms with Crippen molar-refractivity contribution < 1.29 is 9.53 Å². The number of hydrogen-bond donors (Lipinski definition) is 0. The molecule has 0 spiro atoms. The zero-order valence-electron chi connectivity index (χ0n) is 7.12. The van der Waals surface area contributed by atoms with E-state index >= 15 is 0 Å². The van der Waals surface area contributed by atoms with E-state index in [4.69, 9.17) is 10.00 Å². The molecule has 0 saturated carbocycles. The lowest BCUT2D eigenvalue weighted by Crippen LogP contribution is -2.43. The summed E-state index contributed by atoms with van der Waals surface area (Å²) in [6.45, 7) is 3.08. The van der Waals surface area contributed by atoms with E-state index < -0.39 is 0 Å². The zero-order valence-corrected chi connectivity index (χ0v) is 7.12. The van der Waals surface area contributed by atoms with Gasteiger partial charge in [-0.2, -0.15) is 5.26 Å². The molecule has 0 aliphatic carbocycles. The van der Waals surface area contributed by atoms with Crippen molar-refractivity contribution >= 4 is 6.09 Å². The normalized spacial score (nSPS) is 19.7. The van der Waals surface area contributed by atoms with Crippen LogP contribution in [-0.2, 0) is 4.74 Å². The molecule has 1 rings (SSSR count). The number of carbonyl (C=O) groups excluding carboxylic acids is 1. The molecular weight excluding hydrogens is 156 g/mol. The molecule has 0 N–H and O–H groups in total. The Hall–Kier alpha value is -1.24. The Kier molecular flexibility index (Phi) is 2.92. The summed E-state index contributed by atoms with van der Waals surface area (Å²) in [6.07, 6.45) is 0.945. The van der Waals surface area contributed by atoms with Crippen molar-refractivity contribution in [2.75, 3.05) is 13.2 Å². The lowest BCUT2D eigenvalue weighted by molar-refractivity contribution is 0.0590. The molecule has 0 radical (unpaired) electrons. The number of cyclic esters (lactones) is 1. The number of hydrogen-bond acceptors (Lipinski definition) is 3. The van der Waals surface area contributed by atoms with Gasteiger partial charge in [0.1, 0.15) is 0 Å². The summed E-state index contributed by atoms with van der Waals surface area (Å²) in [4.78, 5) is 12.7. The third kappa shape index (κ3) is 1.88. The second kappa shape index (κ2) is 3.96. The van der Waals surface area contributed by atoms with Gasteiger partial charge in [-0.05, 0) is 13.3 Å². The van der Waals surface area contributed by atoms with E-state index in [1.165, 1.54) is 0 Å². The fraction of sp³-hybridized carbons (Fsp3) is 0.750. The van der Waals surface area contributed by atoms with E-state index in [1.807, 2.05) is 13.0 Å². The van der Waals surface area contributed by atoms with Gasteiger partial charge < -0.3 is 9.64 Å². The second-order valence-electron chi connectivity index (χ2n) is 2.87. The average Bonchev–Trinajstić information content (AvgIpc) is 2.05. The highest BCUT2D eigenvalue weighted by atomic mass is 16.6. The maximum atomic E-state index is 11.1. The summed E-state index contributed by atoms with van der Waals surface area (Å²) < 4.78 is 4.84. The minimum Gasteiger partial charge on any atom is -0.449 e. The fourth-order valence-electron chi connectivity index (χ4n) is 1.21. The van der Waals surface area contributed by atoms with Crippen molar-refractivity contribution in [2.24, 2.45) is 0 Å². The molecule has 12 heavy (non-hydrogen) atoms. The topological polar surface area (TPSA) is 53.3 Å². The van der Waals surface area contributed by atoms with Crippen LogP contribution in [0.15, 0.2) is 0 Å². The van der Waals surface area contributed by atoms with Gasteiger partial charge in [0.25, 0.3) is 0 Å². The van der Waals surface area contributed by atoms with Gasteiger partial charge in [0, 0.05) is 12.6 Å². The summed E-state index contributed by atoms with van der Waals surface area (Å²) in [6, 6.07) is 2.01. The Morgan fingerprint density at radius 3 is 3.17 bits per heavy atom. The van der Waals surface area contributed by atoms with Crippen LogP contribution in [0.2, 0.25) is 0 Å². The highest BCUT2D eigenvalue weighted by Crippen LogP contribution is 2.10. The third-order valence-corrected chi connectivity index (χ3v) is 1.92. The van der Waals surface area contributed by atoms with Gasteiger partial charge >= 0.3 is 6.09 Å². The standard InChI is InChI=1S/C8H12N2O2/c1-7(3-4-9)10-5-2-6-12-8(10)11/h7H,2-3,5-6H2,1H3. The van der Waals surface area contributed by atoms with Gasteiger partial charge in [0.15, 0.2) is 0 Å². The highest BCUT2D eigenvalue weighted by molar-refractivity contribution is 5.68. The van der Waals surface area contributed by atoms with Crippen LogP contribution in [0.4, 0.5) is 4.79 Å². The van der Waals surface area contributed by atoms with Gasteiger partial charge in [-0.15, -0.1) is 0 Å². The first-order valence-corrected chi connectivity index (χ1v) is 4.06. The molecule has 1 unspecified atom stereocenters. The monoisotopic (exact) mass is 168 g/mol. The Labute approximate surface area is 71.7 Å². The van der Waals surface area contributed by atoms with E-state index in [0.29, 0.717) is 19.6 Å². The SMILES string of the molecule is CC(CC#N)N1CCCOC1=O. The van der Waals surface area contributed by atoms with Gasteiger partial charge in [-0.1, -0.05) is 0 Å². The molecule has 1 atom stereocenters. The summed E-state index contributed by atoms with van der Waals surface area (Å²) in [7, 11) is 0. The van der Waals surface area contributed by atoms with Crippen LogP contribution in [0.1, 0.15) is 19.8 Å². The average molecular weight is 168 g/mol. The fourth-order valence-corrected chi connectivity index (χ4v) is 1.21. The van der Waals surface area contributed by atoms with Crippen molar-refractivity contribution in [3.05, 3.63) is 0 Å². The molecule has 0 aromatic carbocycles. The van der Waals surface area contributed by atoms with Gasteiger partial charge in [-0.25, -0.2) is 4.79 Å². The largest absolute Gasteiger partial charge is 0.449 e. The quantitative estimate of drug-likeness (QED) is 0.621. The van der Waals surface area contributed by atoms with Crippen molar-refractivity contribution in [1.82, 2.24) is 4.90 Å². The molecule has 1 amide bonds. The van der Waals surface area contributed by atoms with Crippen LogP contribution in [0.25, 0.3) is 0 Å². The summed E-state index contributed by atoms with van der Waals surface area (Å²) in [5.41, 5.74) is 0. The number of nitriles is 1. The minimum absolute atomic E-state index is 0.0252. The predicted molar refractivity (Wildman–Crippen MR) is 42.4 cm³/mol. The minimum atomic E-state index is -0.288. The molecule has 1 heterocycles. The molecule has 4 heteroatoms. The van der Waals surface area contributed by atoms with Crippen LogP contribution in [0.3, 0.4) is 0 Å². The molecule has 66 valence electrons. The number of amides is 1. The molecule has 4 nitrogen and oxygen atoms in total. The number of nitrogens with zero attached hydrogens (tertiary/aromatic N) is 2. The number of rotatable bonds is 2. The lowest BCUT2D eigenvalue weighted by atomic mass is 10.2. The Morgan fingerprint density at radius 1 is 1.83 bits per heavy atom. The highest BCUT2D eigenvalue weighted by Gasteiger charge is 2.23. The molecular formula is C8H12N2O2. The van der Waals surface area contributed by atoms with E-state index in [1.54, 1.807) is 4.90 Å². The molecule has 0 aromatic heterocycles. The van der Waals surface area contributed by atoms with Crippen LogP contribution < -0.4 is 0 Å². The molecule has 0 aromatic rings. The second-order valence-corrected chi connectivity index (χ2v) is 2.87. The third-order valence-electron chi connectivity index (χ3n) is 1.92. The van der Waals surface area contributed by atoms with Crippen LogP contribution in [0.5, 0.6) is 0 Å². The summed E-state index contributed by atoms with van der Waals surface area (Å²) in [5.74, 6) is 0. The first kappa shape index (κ1) is 8.85. The van der Waals surface area contributed by atoms with Crippen molar-refractivity contribution in [3.63, 3.8) is 0 Å². The number of carbonyl (C=O) groups is 1. The van der Waals surface area contributed by atoms with E-state index in [2.05, 4.69) is 0 Å². The molecule has 1 saturated heterocycles. The van der Waals surface area contributed by atoms with E-state index in [-0.39, 0.29) is 12.1 Å². The van der Waals surface area contributed by atoms with Gasteiger partial charge in [-0.3, -0.25) is 0 Å². The molecule has 1 aliphatic heterocycles. The lowest BCUT2D eigenvalue weighted by Gasteiger charge is -2.30. The maximum Gasteiger partial charge on any atom is 0.410 e. The predicted octanol–water partition coefficient (Wildman–Crippen LogP) is 1.13. The summed E-state index contributed by atoms with van der Waals surface area (Å²) >= 11 is 0. The first-order chi connectivity index (χ1) is 5.75. The molecule has 0 bridgehead atoms. The van der Waals surface area contributed by atoms with Gasteiger partial charge in [0.05, 0.1) is 19.1 Å². The smallest absolute Gasteiger partial charge is 0.410 e. The molecule has 1 fully saturated rings. The zero-order chi connectivity index (χ0) is 8.97. The van der Waals surface area contributed by atoms with Crippen LogP contribution >= 0.6 is 0 Å². The van der Waals surface area contributed by atoms with Crippen LogP contribution in [0, 0.1) is 11.3 Å². The first-order valence-electron chi connectivity index (χ1n) is 4.06. The van der Waals surface area contributed by atoms with Crippen LogP contribution in [-0.4, -0.2) is 30.2 Å².